The van der Waals surface area contributed by atoms with Crippen LogP contribution in [0.4, 0.5) is 0 Å². The Morgan fingerprint density at radius 3 is 2.48 bits per heavy atom. The highest BCUT2D eigenvalue weighted by Crippen LogP contribution is 2.30. The van der Waals surface area contributed by atoms with Crippen LogP contribution in [0.5, 0.6) is 0 Å². The van der Waals surface area contributed by atoms with Crippen LogP contribution in [0.15, 0.2) is 47.8 Å². The van der Waals surface area contributed by atoms with Gasteiger partial charge in [0.05, 0.1) is 17.2 Å². The molecular weight excluding hydrogens is 426 g/mol. The van der Waals surface area contributed by atoms with Gasteiger partial charge >= 0.3 is 0 Å². The summed E-state index contributed by atoms with van der Waals surface area (Å²) >= 11 is 2.98. The molecule has 0 bridgehead atoms. The van der Waals surface area contributed by atoms with Gasteiger partial charge in [-0.3, -0.25) is 9.59 Å². The van der Waals surface area contributed by atoms with E-state index < -0.39 is 6.04 Å². The van der Waals surface area contributed by atoms with Crippen molar-refractivity contribution in [1.29, 1.82) is 0 Å². The Hall–Kier alpha value is -2.51. The fourth-order valence-electron chi connectivity index (χ4n) is 4.17. The zero-order chi connectivity index (χ0) is 21.8. The molecule has 2 heterocycles. The first-order valence-corrected chi connectivity index (χ1v) is 12.3. The normalized spacial score (nSPS) is 15.0. The molecule has 3 aromatic rings. The summed E-state index contributed by atoms with van der Waals surface area (Å²) in [6, 6.07) is 13.1. The average molecular weight is 454 g/mol. The molecule has 1 aliphatic carbocycles. The number of hydrogen-bond acceptors (Lipinski definition) is 5. The van der Waals surface area contributed by atoms with Gasteiger partial charge in [-0.2, -0.15) is 0 Å². The smallest absolute Gasteiger partial charge is 0.267 e. The van der Waals surface area contributed by atoms with Gasteiger partial charge in [0.15, 0.2) is 0 Å². The molecule has 0 aliphatic heterocycles. The molecule has 1 unspecified atom stereocenters. The number of nitrogens with zero attached hydrogens (tertiary/aromatic N) is 2. The minimum atomic E-state index is -0.696. The first-order chi connectivity index (χ1) is 15.0. The van der Waals surface area contributed by atoms with Crippen LogP contribution in [-0.4, -0.2) is 27.7 Å². The molecular formula is C24H27N3O2S2. The first-order valence-electron chi connectivity index (χ1n) is 10.7. The number of hydrogen-bond donors (Lipinski definition) is 1. The van der Waals surface area contributed by atoms with Crippen LogP contribution in [0.25, 0.3) is 0 Å². The fraction of sp³-hybridized carbons (Fsp3) is 0.375. The quantitative estimate of drug-likeness (QED) is 0.530. The van der Waals surface area contributed by atoms with Crippen LogP contribution in [0, 0.1) is 13.8 Å². The minimum Gasteiger partial charge on any atom is -0.351 e. The van der Waals surface area contributed by atoms with Gasteiger partial charge in [0.1, 0.15) is 10.9 Å². The van der Waals surface area contributed by atoms with E-state index in [1.54, 1.807) is 16.2 Å². The molecule has 2 aromatic heterocycles. The second-order valence-electron chi connectivity index (χ2n) is 7.96. The lowest BCUT2D eigenvalue weighted by Crippen LogP contribution is -2.45. The van der Waals surface area contributed by atoms with Crippen molar-refractivity contribution in [2.24, 2.45) is 0 Å². The van der Waals surface area contributed by atoms with E-state index >= 15 is 0 Å². The Morgan fingerprint density at radius 1 is 1.13 bits per heavy atom. The predicted octanol–water partition coefficient (Wildman–Crippen LogP) is 5.26. The summed E-state index contributed by atoms with van der Waals surface area (Å²) in [6.45, 7) is 4.14. The van der Waals surface area contributed by atoms with Gasteiger partial charge in [0.2, 0.25) is 5.91 Å². The van der Waals surface area contributed by atoms with E-state index in [4.69, 9.17) is 0 Å². The van der Waals surface area contributed by atoms with Crippen LogP contribution in [0.1, 0.15) is 62.5 Å². The minimum absolute atomic E-state index is 0.109. The van der Waals surface area contributed by atoms with E-state index in [9.17, 15) is 9.59 Å². The lowest BCUT2D eigenvalue weighted by molar-refractivity contribution is -0.126. The molecule has 1 N–H and O–H groups in total. The third kappa shape index (κ3) is 5.05. The van der Waals surface area contributed by atoms with Gasteiger partial charge in [-0.15, -0.1) is 22.7 Å². The third-order valence-corrected chi connectivity index (χ3v) is 7.56. The number of nitrogens with one attached hydrogen (secondary N) is 1. The number of carbonyl (C=O) groups is 2. The van der Waals surface area contributed by atoms with Crippen LogP contribution >= 0.6 is 22.7 Å². The Labute approximate surface area is 191 Å². The topological polar surface area (TPSA) is 62.3 Å². The summed E-state index contributed by atoms with van der Waals surface area (Å²) < 4.78 is 0. The van der Waals surface area contributed by atoms with Crippen molar-refractivity contribution < 1.29 is 9.59 Å². The zero-order valence-corrected chi connectivity index (χ0v) is 19.5. The lowest BCUT2D eigenvalue weighted by atomic mass is 10.0. The third-order valence-electron chi connectivity index (χ3n) is 5.64. The molecule has 1 fully saturated rings. The molecule has 0 radical (unpaired) electrons. The molecule has 162 valence electrons. The Morgan fingerprint density at radius 2 is 1.87 bits per heavy atom. The van der Waals surface area contributed by atoms with Gasteiger partial charge < -0.3 is 10.2 Å². The molecule has 1 atom stereocenters. The van der Waals surface area contributed by atoms with Crippen molar-refractivity contribution in [3.8, 4) is 0 Å². The van der Waals surface area contributed by atoms with E-state index in [1.807, 2.05) is 61.7 Å². The first kappa shape index (κ1) is 21.7. The van der Waals surface area contributed by atoms with Crippen LogP contribution in [0.2, 0.25) is 0 Å². The monoisotopic (exact) mass is 453 g/mol. The van der Waals surface area contributed by atoms with Crippen molar-refractivity contribution in [2.75, 3.05) is 0 Å². The zero-order valence-electron chi connectivity index (χ0n) is 17.8. The van der Waals surface area contributed by atoms with Crippen molar-refractivity contribution in [3.05, 3.63) is 73.9 Å². The van der Waals surface area contributed by atoms with E-state index in [0.717, 1.165) is 41.1 Å². The Bertz CT molecular complexity index is 1020. The standard InChI is InChI=1S/C24H27N3O2S2/c1-16-22(31-17(2)25-16)24(29)27(15-20-13-8-14-30-20)21(18-9-4-3-5-10-18)23(28)26-19-11-6-7-12-19/h3-5,8-10,13-14,19,21H,6-7,11-12,15H2,1-2H3,(H,26,28). The number of benzene rings is 1. The van der Waals surface area contributed by atoms with Gasteiger partial charge in [-0.05, 0) is 43.7 Å². The molecule has 2 amide bonds. The average Bonchev–Trinajstić information content (AvgIpc) is 3.51. The fourth-order valence-corrected chi connectivity index (χ4v) is 5.75. The van der Waals surface area contributed by atoms with Gasteiger partial charge in [-0.1, -0.05) is 49.2 Å². The summed E-state index contributed by atoms with van der Waals surface area (Å²) in [4.78, 5) is 35.2. The highest BCUT2D eigenvalue weighted by atomic mass is 32.1. The summed E-state index contributed by atoms with van der Waals surface area (Å²) in [5.41, 5.74) is 1.54. The summed E-state index contributed by atoms with van der Waals surface area (Å²) in [5.74, 6) is -0.256. The Kier molecular flexibility index (Phi) is 6.83. The van der Waals surface area contributed by atoms with Crippen molar-refractivity contribution >= 4 is 34.5 Å². The summed E-state index contributed by atoms with van der Waals surface area (Å²) in [6.07, 6.45) is 4.27. The van der Waals surface area contributed by atoms with E-state index in [0.29, 0.717) is 17.1 Å². The number of carbonyl (C=O) groups excluding carboxylic acids is 2. The van der Waals surface area contributed by atoms with Crippen molar-refractivity contribution in [2.45, 2.75) is 58.2 Å². The number of aromatic nitrogens is 1. The maximum atomic E-state index is 13.8. The van der Waals surface area contributed by atoms with Gasteiger partial charge in [0.25, 0.3) is 5.91 Å². The highest BCUT2D eigenvalue weighted by Gasteiger charge is 2.35. The molecule has 0 spiro atoms. The maximum absolute atomic E-state index is 13.8. The number of thiazole rings is 1. The number of rotatable bonds is 7. The molecule has 5 nitrogen and oxygen atoms in total. The van der Waals surface area contributed by atoms with Crippen molar-refractivity contribution in [3.63, 3.8) is 0 Å². The van der Waals surface area contributed by atoms with E-state index in [-0.39, 0.29) is 17.9 Å². The molecule has 4 rings (SSSR count). The number of amides is 2. The lowest BCUT2D eigenvalue weighted by Gasteiger charge is -2.32. The summed E-state index contributed by atoms with van der Waals surface area (Å²) in [7, 11) is 0. The maximum Gasteiger partial charge on any atom is 0.267 e. The SMILES string of the molecule is Cc1nc(C)c(C(=O)N(Cc2cccs2)C(C(=O)NC2CCCC2)c2ccccc2)s1. The van der Waals surface area contributed by atoms with Crippen LogP contribution in [0.3, 0.4) is 0 Å². The van der Waals surface area contributed by atoms with Crippen LogP contribution in [-0.2, 0) is 11.3 Å². The second-order valence-corrected chi connectivity index (χ2v) is 10.2. The number of thiophene rings is 1. The summed E-state index contributed by atoms with van der Waals surface area (Å²) in [5, 5.41) is 6.07. The highest BCUT2D eigenvalue weighted by molar-refractivity contribution is 7.13. The number of aryl methyl sites for hydroxylation is 2. The predicted molar refractivity (Wildman–Crippen MR) is 125 cm³/mol. The Balaban J connectivity index is 1.73. The molecule has 1 saturated carbocycles. The van der Waals surface area contributed by atoms with E-state index in [2.05, 4.69) is 10.3 Å². The molecule has 7 heteroatoms. The van der Waals surface area contributed by atoms with Crippen molar-refractivity contribution in [1.82, 2.24) is 15.2 Å². The molecule has 31 heavy (non-hydrogen) atoms. The molecule has 0 saturated heterocycles. The molecule has 1 aromatic carbocycles. The van der Waals surface area contributed by atoms with Gasteiger partial charge in [0, 0.05) is 10.9 Å². The van der Waals surface area contributed by atoms with Crippen LogP contribution < -0.4 is 5.32 Å². The van der Waals surface area contributed by atoms with E-state index in [1.165, 1.54) is 11.3 Å². The largest absolute Gasteiger partial charge is 0.351 e. The molecule has 1 aliphatic rings. The second kappa shape index (κ2) is 9.75. The van der Waals surface area contributed by atoms with Gasteiger partial charge in [-0.25, -0.2) is 4.98 Å².